The topological polar surface area (TPSA) is 54.4 Å². The number of aromatic hydroxyl groups is 1. The first-order chi connectivity index (χ1) is 9.82. The second-order valence-electron chi connectivity index (χ2n) is 6.34. The first-order valence-corrected chi connectivity index (χ1v) is 10.4. The molecule has 2 aromatic carbocycles. The van der Waals surface area contributed by atoms with E-state index in [1.807, 2.05) is 0 Å². The molecule has 0 radical (unpaired) electrons. The predicted molar refractivity (Wildman–Crippen MR) is 84.4 cm³/mol. The molecule has 2 aromatic rings. The van der Waals surface area contributed by atoms with E-state index in [0.29, 0.717) is 16.7 Å². The molecule has 0 saturated heterocycles. The molecular weight excluding hydrogens is 280 g/mol. The molecule has 0 unspecified atom stereocenters. The summed E-state index contributed by atoms with van der Waals surface area (Å²) in [7, 11) is -1.79. The molecular formula is C17H16O3Si. The summed E-state index contributed by atoms with van der Waals surface area (Å²) >= 11 is 0. The standard InChI is InChI=1S/C17H16O3Si/c1-21(2,3)13-9-8-12-14(17(13)20)16(19)11-7-5-4-6-10(11)15(12)18/h4-9,20H,1-3H3. The van der Waals surface area contributed by atoms with Gasteiger partial charge >= 0.3 is 0 Å². The van der Waals surface area contributed by atoms with Gasteiger partial charge in [-0.1, -0.05) is 56.0 Å². The Balaban J connectivity index is 2.32. The van der Waals surface area contributed by atoms with E-state index in [0.717, 1.165) is 5.19 Å². The first kappa shape index (κ1) is 13.8. The summed E-state index contributed by atoms with van der Waals surface area (Å²) in [6.45, 7) is 6.28. The van der Waals surface area contributed by atoms with Gasteiger partial charge in [0.15, 0.2) is 11.6 Å². The number of carbonyl (C=O) groups excluding carboxylic acids is 2. The highest BCUT2D eigenvalue weighted by Crippen LogP contribution is 2.32. The van der Waals surface area contributed by atoms with Gasteiger partial charge in [-0.2, -0.15) is 0 Å². The van der Waals surface area contributed by atoms with Crippen LogP contribution in [-0.2, 0) is 0 Å². The van der Waals surface area contributed by atoms with E-state index in [-0.39, 0.29) is 22.9 Å². The van der Waals surface area contributed by atoms with Gasteiger partial charge in [-0.3, -0.25) is 9.59 Å². The summed E-state index contributed by atoms with van der Waals surface area (Å²) in [6, 6.07) is 10.2. The smallest absolute Gasteiger partial charge is 0.198 e. The lowest BCUT2D eigenvalue weighted by Gasteiger charge is -2.24. The second-order valence-corrected chi connectivity index (χ2v) is 11.4. The number of benzene rings is 2. The third-order valence-electron chi connectivity index (χ3n) is 3.87. The quantitative estimate of drug-likeness (QED) is 0.702. The fraction of sp³-hybridized carbons (Fsp3) is 0.176. The van der Waals surface area contributed by atoms with Crippen LogP contribution in [0.15, 0.2) is 36.4 Å². The Kier molecular flexibility index (Phi) is 2.88. The number of phenols is 1. The van der Waals surface area contributed by atoms with E-state index >= 15 is 0 Å². The minimum absolute atomic E-state index is 0.0143. The summed E-state index contributed by atoms with van der Waals surface area (Å²) < 4.78 is 0. The molecule has 3 nitrogen and oxygen atoms in total. The van der Waals surface area contributed by atoms with Crippen molar-refractivity contribution in [3.05, 3.63) is 58.7 Å². The maximum atomic E-state index is 12.7. The maximum Gasteiger partial charge on any atom is 0.198 e. The number of hydrogen-bond acceptors (Lipinski definition) is 3. The molecule has 0 spiro atoms. The number of rotatable bonds is 1. The van der Waals surface area contributed by atoms with Crippen LogP contribution in [0.5, 0.6) is 5.75 Å². The Labute approximate surface area is 124 Å². The SMILES string of the molecule is C[Si](C)(C)c1ccc2c(c1O)C(=O)c1ccccc1C2=O. The van der Waals surface area contributed by atoms with Gasteiger partial charge < -0.3 is 5.11 Å². The van der Waals surface area contributed by atoms with Crippen molar-refractivity contribution in [1.29, 1.82) is 0 Å². The Hall–Kier alpha value is -2.20. The zero-order chi connectivity index (χ0) is 15.4. The molecule has 106 valence electrons. The molecule has 0 atom stereocenters. The maximum absolute atomic E-state index is 12.7. The first-order valence-electron chi connectivity index (χ1n) is 6.87. The van der Waals surface area contributed by atoms with Crippen LogP contribution in [0.2, 0.25) is 19.6 Å². The molecule has 4 heteroatoms. The highest BCUT2D eigenvalue weighted by Gasteiger charge is 2.34. The Morgan fingerprint density at radius 2 is 1.38 bits per heavy atom. The van der Waals surface area contributed by atoms with E-state index < -0.39 is 8.07 Å². The van der Waals surface area contributed by atoms with E-state index in [1.54, 1.807) is 36.4 Å². The third kappa shape index (κ3) is 1.94. The molecule has 0 aliphatic heterocycles. The summed E-state index contributed by atoms with van der Waals surface area (Å²) in [5.74, 6) is -0.477. The Bertz CT molecular complexity index is 785. The van der Waals surface area contributed by atoms with Gasteiger partial charge in [0.2, 0.25) is 0 Å². The lowest BCUT2D eigenvalue weighted by Crippen LogP contribution is -2.39. The Morgan fingerprint density at radius 1 is 0.810 bits per heavy atom. The van der Waals surface area contributed by atoms with Crippen molar-refractivity contribution >= 4 is 24.8 Å². The fourth-order valence-corrected chi connectivity index (χ4v) is 4.19. The van der Waals surface area contributed by atoms with Crippen molar-refractivity contribution in [2.75, 3.05) is 0 Å². The lowest BCUT2D eigenvalue weighted by atomic mass is 9.83. The fourth-order valence-electron chi connectivity index (χ4n) is 2.77. The molecule has 21 heavy (non-hydrogen) atoms. The molecule has 3 rings (SSSR count). The van der Waals surface area contributed by atoms with Gasteiger partial charge in [-0.15, -0.1) is 0 Å². The van der Waals surface area contributed by atoms with Crippen LogP contribution in [-0.4, -0.2) is 24.7 Å². The summed E-state index contributed by atoms with van der Waals surface area (Å²) in [4.78, 5) is 25.2. The molecule has 0 amide bonds. The second kappa shape index (κ2) is 4.40. The van der Waals surface area contributed by atoms with E-state index in [1.165, 1.54) is 0 Å². The largest absolute Gasteiger partial charge is 0.507 e. The van der Waals surface area contributed by atoms with Crippen LogP contribution in [0.4, 0.5) is 0 Å². The highest BCUT2D eigenvalue weighted by atomic mass is 28.3. The van der Waals surface area contributed by atoms with Crippen LogP contribution >= 0.6 is 0 Å². The molecule has 1 aliphatic rings. The van der Waals surface area contributed by atoms with E-state index in [9.17, 15) is 14.7 Å². The van der Waals surface area contributed by atoms with Crippen molar-refractivity contribution in [2.24, 2.45) is 0 Å². The molecule has 1 N–H and O–H groups in total. The molecule has 1 aliphatic carbocycles. The van der Waals surface area contributed by atoms with Gasteiger partial charge in [0.1, 0.15) is 5.75 Å². The van der Waals surface area contributed by atoms with Crippen LogP contribution in [0.1, 0.15) is 31.8 Å². The summed E-state index contributed by atoms with van der Waals surface area (Å²) in [5, 5.41) is 11.4. The van der Waals surface area contributed by atoms with Gasteiger partial charge in [0.05, 0.1) is 13.6 Å². The zero-order valence-electron chi connectivity index (χ0n) is 12.2. The minimum Gasteiger partial charge on any atom is -0.507 e. The number of phenolic OH excluding ortho intramolecular Hbond substituents is 1. The normalized spacial score (nSPS) is 13.9. The third-order valence-corrected chi connectivity index (χ3v) is 5.89. The van der Waals surface area contributed by atoms with Gasteiger partial charge in [-0.25, -0.2) is 0 Å². The monoisotopic (exact) mass is 296 g/mol. The van der Waals surface area contributed by atoms with Crippen molar-refractivity contribution in [2.45, 2.75) is 19.6 Å². The van der Waals surface area contributed by atoms with Gasteiger partial charge in [0, 0.05) is 16.7 Å². The number of ketones is 2. The molecule has 0 bridgehead atoms. The highest BCUT2D eigenvalue weighted by molar-refractivity contribution is 6.89. The zero-order valence-corrected chi connectivity index (χ0v) is 13.2. The van der Waals surface area contributed by atoms with Crippen LogP contribution in [0, 0.1) is 0 Å². The lowest BCUT2D eigenvalue weighted by molar-refractivity contribution is 0.0977. The molecule has 0 aromatic heterocycles. The number of carbonyl (C=O) groups is 2. The minimum atomic E-state index is -1.79. The molecule has 0 heterocycles. The Morgan fingerprint density at radius 3 is 1.95 bits per heavy atom. The van der Waals surface area contributed by atoms with E-state index in [4.69, 9.17) is 0 Å². The predicted octanol–water partition coefficient (Wildman–Crippen LogP) is 2.71. The summed E-state index contributed by atoms with van der Waals surface area (Å²) in [5.41, 5.74) is 1.25. The average molecular weight is 296 g/mol. The van der Waals surface area contributed by atoms with Crippen molar-refractivity contribution in [3.63, 3.8) is 0 Å². The van der Waals surface area contributed by atoms with Gasteiger partial charge in [0.25, 0.3) is 0 Å². The van der Waals surface area contributed by atoms with Crippen molar-refractivity contribution < 1.29 is 14.7 Å². The van der Waals surface area contributed by atoms with Gasteiger partial charge in [-0.05, 0) is 5.19 Å². The molecule has 0 fully saturated rings. The average Bonchev–Trinajstić information content (AvgIpc) is 2.43. The van der Waals surface area contributed by atoms with Crippen molar-refractivity contribution in [3.8, 4) is 5.75 Å². The number of fused-ring (bicyclic) bond motifs is 2. The number of hydrogen-bond donors (Lipinski definition) is 1. The molecule has 0 saturated carbocycles. The summed E-state index contributed by atoms with van der Waals surface area (Å²) in [6.07, 6.45) is 0. The van der Waals surface area contributed by atoms with Crippen molar-refractivity contribution in [1.82, 2.24) is 0 Å². The van der Waals surface area contributed by atoms with Crippen LogP contribution in [0.3, 0.4) is 0 Å². The van der Waals surface area contributed by atoms with E-state index in [2.05, 4.69) is 19.6 Å². The van der Waals surface area contributed by atoms with Crippen LogP contribution in [0.25, 0.3) is 0 Å². The van der Waals surface area contributed by atoms with Crippen LogP contribution < -0.4 is 5.19 Å².